The monoisotopic (exact) mass is 527 g/mol. The quantitative estimate of drug-likeness (QED) is 0.268. The number of hydrogen-bond acceptors (Lipinski definition) is 4. The molecule has 0 fully saturated rings. The van der Waals surface area contributed by atoms with Crippen LogP contribution in [0.4, 0.5) is 0 Å². The van der Waals surface area contributed by atoms with E-state index in [1.807, 2.05) is 129 Å². The highest BCUT2D eigenvalue weighted by Gasteiger charge is 2.55. The third-order valence-electron chi connectivity index (χ3n) is 7.49. The number of aryl methyl sites for hydroxylation is 2. The Labute approximate surface area is 232 Å². The lowest BCUT2D eigenvalue weighted by atomic mass is 9.72. The molecular weight excluding hydrogens is 498 g/mol. The SMILES string of the molecule is Cc1ccc(C2=N[C@](Cc3ccccc3)([C@@H](c3ccccc3)c3c(C)[nH]n(-c4ccccc4)c3=O)C(=O)O2)cc1. The normalized spacial score (nSPS) is 17.4. The molecule has 0 bridgehead atoms. The number of carbonyl (C=O) groups is 1. The second-order valence-corrected chi connectivity index (χ2v) is 10.2. The van der Waals surface area contributed by atoms with E-state index in [9.17, 15) is 9.59 Å². The van der Waals surface area contributed by atoms with Crippen LogP contribution in [0.2, 0.25) is 0 Å². The number of hydrogen-bond donors (Lipinski definition) is 1. The van der Waals surface area contributed by atoms with Crippen LogP contribution >= 0.6 is 0 Å². The van der Waals surface area contributed by atoms with Gasteiger partial charge in [0.25, 0.3) is 5.56 Å². The molecule has 0 unspecified atom stereocenters. The molecule has 4 aromatic carbocycles. The Morgan fingerprint density at radius 1 is 0.800 bits per heavy atom. The number of aliphatic imine (C=N–C) groups is 1. The minimum absolute atomic E-state index is 0.225. The van der Waals surface area contributed by atoms with Crippen LogP contribution < -0.4 is 5.56 Å². The van der Waals surface area contributed by atoms with Gasteiger partial charge in [-0.15, -0.1) is 0 Å². The van der Waals surface area contributed by atoms with E-state index in [2.05, 4.69) is 5.10 Å². The first-order valence-corrected chi connectivity index (χ1v) is 13.3. The largest absolute Gasteiger partial charge is 0.405 e. The fourth-order valence-electron chi connectivity index (χ4n) is 5.53. The molecule has 0 saturated heterocycles. The van der Waals surface area contributed by atoms with E-state index >= 15 is 0 Å². The molecule has 198 valence electrons. The Hall–Kier alpha value is -4.97. The highest BCUT2D eigenvalue weighted by Crippen LogP contribution is 2.44. The minimum atomic E-state index is -1.41. The van der Waals surface area contributed by atoms with Gasteiger partial charge in [0.15, 0.2) is 5.54 Å². The summed E-state index contributed by atoms with van der Waals surface area (Å²) >= 11 is 0. The molecule has 1 aliphatic rings. The maximum Gasteiger partial charge on any atom is 0.342 e. The van der Waals surface area contributed by atoms with Gasteiger partial charge in [0.2, 0.25) is 5.90 Å². The van der Waals surface area contributed by atoms with Crippen molar-refractivity contribution < 1.29 is 9.53 Å². The molecule has 0 aliphatic carbocycles. The van der Waals surface area contributed by atoms with E-state index in [0.29, 0.717) is 22.5 Å². The molecule has 40 heavy (non-hydrogen) atoms. The van der Waals surface area contributed by atoms with Crippen LogP contribution in [0.3, 0.4) is 0 Å². The number of nitrogens with zero attached hydrogens (tertiary/aromatic N) is 2. The van der Waals surface area contributed by atoms with Gasteiger partial charge in [-0.1, -0.05) is 96.6 Å². The molecule has 6 rings (SSSR count). The summed E-state index contributed by atoms with van der Waals surface area (Å²) in [4.78, 5) is 33.5. The average Bonchev–Trinajstić information content (AvgIpc) is 3.46. The molecule has 1 N–H and O–H groups in total. The number of aromatic amines is 1. The van der Waals surface area contributed by atoms with E-state index in [4.69, 9.17) is 9.73 Å². The van der Waals surface area contributed by atoms with Crippen LogP contribution in [0.5, 0.6) is 0 Å². The fourth-order valence-corrected chi connectivity index (χ4v) is 5.53. The maximum absolute atomic E-state index is 14.2. The van der Waals surface area contributed by atoms with Crippen molar-refractivity contribution in [3.05, 3.63) is 159 Å². The van der Waals surface area contributed by atoms with Crippen LogP contribution in [0, 0.1) is 13.8 Å². The molecule has 1 aromatic heterocycles. The summed E-state index contributed by atoms with van der Waals surface area (Å²) in [6, 6.07) is 36.6. The Balaban J connectivity index is 1.61. The van der Waals surface area contributed by atoms with Gasteiger partial charge in [0, 0.05) is 17.7 Å². The number of benzene rings is 4. The van der Waals surface area contributed by atoms with Crippen LogP contribution in [0.1, 0.15) is 39.4 Å². The summed E-state index contributed by atoms with van der Waals surface area (Å²) < 4.78 is 7.49. The van der Waals surface area contributed by atoms with Crippen LogP contribution in [0.15, 0.2) is 125 Å². The zero-order valence-electron chi connectivity index (χ0n) is 22.4. The number of rotatable bonds is 7. The second kappa shape index (κ2) is 10.3. The number of para-hydroxylation sites is 1. The molecule has 6 heteroatoms. The first kappa shape index (κ1) is 25.3. The molecule has 0 saturated carbocycles. The molecular formula is C34H29N3O3. The average molecular weight is 528 g/mol. The molecule has 2 atom stereocenters. The number of aromatic nitrogens is 2. The Morgan fingerprint density at radius 3 is 2.05 bits per heavy atom. The molecule has 0 amide bonds. The molecule has 0 spiro atoms. The van der Waals surface area contributed by atoms with Crippen molar-refractivity contribution in [1.82, 2.24) is 9.78 Å². The van der Waals surface area contributed by atoms with Crippen molar-refractivity contribution in [2.45, 2.75) is 31.7 Å². The smallest absolute Gasteiger partial charge is 0.342 e. The summed E-state index contributed by atoms with van der Waals surface area (Å²) in [5, 5.41) is 3.25. The summed E-state index contributed by atoms with van der Waals surface area (Å²) in [7, 11) is 0. The Kier molecular flexibility index (Phi) is 6.52. The van der Waals surface area contributed by atoms with E-state index in [0.717, 1.165) is 16.7 Å². The summed E-state index contributed by atoms with van der Waals surface area (Å²) in [6.07, 6.45) is 0.261. The van der Waals surface area contributed by atoms with Crippen molar-refractivity contribution >= 4 is 11.9 Å². The summed E-state index contributed by atoms with van der Waals surface area (Å²) in [5.41, 5.74) is 3.77. The number of ether oxygens (including phenoxy) is 1. The number of nitrogens with one attached hydrogen (secondary N) is 1. The van der Waals surface area contributed by atoms with E-state index in [1.165, 1.54) is 4.68 Å². The van der Waals surface area contributed by atoms with E-state index in [-0.39, 0.29) is 17.9 Å². The Morgan fingerprint density at radius 2 is 1.40 bits per heavy atom. The van der Waals surface area contributed by atoms with E-state index in [1.54, 1.807) is 0 Å². The number of cyclic esters (lactones) is 1. The number of esters is 1. The summed E-state index contributed by atoms with van der Waals surface area (Å²) in [5.74, 6) is -0.927. The maximum atomic E-state index is 14.2. The molecule has 6 nitrogen and oxygen atoms in total. The molecule has 5 aromatic rings. The molecule has 1 aliphatic heterocycles. The van der Waals surface area contributed by atoms with Crippen molar-refractivity contribution in [3.63, 3.8) is 0 Å². The van der Waals surface area contributed by atoms with Crippen molar-refractivity contribution in [2.75, 3.05) is 0 Å². The molecule has 0 radical (unpaired) electrons. The van der Waals surface area contributed by atoms with Crippen LogP contribution in [0.25, 0.3) is 5.69 Å². The standard InChI is InChI=1S/C34H29N3O3/c1-23-18-20-27(21-19-23)31-35-34(33(39)40-31,22-25-12-6-3-7-13-25)30(26-14-8-4-9-15-26)29-24(2)36-37(32(29)38)28-16-10-5-11-17-28/h3-21,30,36H,22H2,1-2H3/t30-,34+/m0/s1. The lowest BCUT2D eigenvalue weighted by Crippen LogP contribution is -2.45. The van der Waals surface area contributed by atoms with Gasteiger partial charge in [-0.05, 0) is 49.2 Å². The minimum Gasteiger partial charge on any atom is -0.405 e. The lowest BCUT2D eigenvalue weighted by Gasteiger charge is -2.32. The van der Waals surface area contributed by atoms with Gasteiger partial charge in [0.1, 0.15) is 0 Å². The zero-order chi connectivity index (χ0) is 27.7. The first-order chi connectivity index (χ1) is 19.5. The van der Waals surface area contributed by atoms with Gasteiger partial charge in [-0.3, -0.25) is 9.89 Å². The van der Waals surface area contributed by atoms with Crippen molar-refractivity contribution in [2.24, 2.45) is 4.99 Å². The predicted molar refractivity (Wildman–Crippen MR) is 156 cm³/mol. The van der Waals surface area contributed by atoms with Gasteiger partial charge in [0.05, 0.1) is 17.2 Å². The second-order valence-electron chi connectivity index (χ2n) is 10.2. The first-order valence-electron chi connectivity index (χ1n) is 13.3. The predicted octanol–water partition coefficient (Wildman–Crippen LogP) is 5.90. The van der Waals surface area contributed by atoms with E-state index < -0.39 is 17.4 Å². The van der Waals surface area contributed by atoms with Crippen LogP contribution in [-0.4, -0.2) is 27.2 Å². The van der Waals surface area contributed by atoms with Crippen LogP contribution in [-0.2, 0) is 16.0 Å². The third-order valence-corrected chi connectivity index (χ3v) is 7.49. The van der Waals surface area contributed by atoms with Gasteiger partial charge < -0.3 is 4.74 Å². The highest BCUT2D eigenvalue weighted by molar-refractivity contribution is 6.08. The van der Waals surface area contributed by atoms with Gasteiger partial charge >= 0.3 is 5.97 Å². The van der Waals surface area contributed by atoms with Gasteiger partial charge in [-0.25, -0.2) is 14.5 Å². The third kappa shape index (κ3) is 4.47. The molecule has 2 heterocycles. The van der Waals surface area contributed by atoms with Crippen molar-refractivity contribution in [3.8, 4) is 5.69 Å². The Bertz CT molecular complexity index is 1740. The van der Waals surface area contributed by atoms with Crippen molar-refractivity contribution in [1.29, 1.82) is 0 Å². The lowest BCUT2D eigenvalue weighted by molar-refractivity contribution is -0.139. The zero-order valence-corrected chi connectivity index (χ0v) is 22.4. The fraction of sp³-hybridized carbons (Fsp3) is 0.147. The highest BCUT2D eigenvalue weighted by atomic mass is 16.6. The number of H-pyrrole nitrogens is 1. The summed E-state index contributed by atoms with van der Waals surface area (Å²) in [6.45, 7) is 3.87. The van der Waals surface area contributed by atoms with Gasteiger partial charge in [-0.2, -0.15) is 0 Å². The topological polar surface area (TPSA) is 76.5 Å². The number of carbonyl (C=O) groups excluding carboxylic acids is 1.